The first-order chi connectivity index (χ1) is 15.0. The van der Waals surface area contributed by atoms with Gasteiger partial charge in [-0.05, 0) is 78.6 Å². The van der Waals surface area contributed by atoms with Gasteiger partial charge in [-0.1, -0.05) is 25.1 Å². The summed E-state index contributed by atoms with van der Waals surface area (Å²) < 4.78 is 12.2. The molecular weight excluding hydrogens is 390 g/mol. The van der Waals surface area contributed by atoms with Crippen LogP contribution in [0.4, 0.5) is 0 Å². The van der Waals surface area contributed by atoms with Crippen LogP contribution >= 0.6 is 0 Å². The third kappa shape index (κ3) is 3.99. The molecule has 3 aromatic carbocycles. The van der Waals surface area contributed by atoms with Crippen molar-refractivity contribution in [2.24, 2.45) is 0 Å². The van der Waals surface area contributed by atoms with Crippen molar-refractivity contribution in [2.75, 3.05) is 14.2 Å². The molecule has 158 valence electrons. The van der Waals surface area contributed by atoms with Crippen molar-refractivity contribution in [3.8, 4) is 22.6 Å². The standard InChI is InChI=1S/C26H25NO4/c1-5-18-15-21(10-13-25(18)30-4)19-6-8-20(9-7-19)26(28)31-27-17(2)14-22-16-23(29-3)11-12-24(22)27/h6-16H,5H2,1-4H3. The summed E-state index contributed by atoms with van der Waals surface area (Å²) in [5.74, 6) is 1.24. The Morgan fingerprint density at radius 1 is 0.871 bits per heavy atom. The number of hydrogen-bond donors (Lipinski definition) is 0. The normalized spacial score (nSPS) is 10.8. The molecular formula is C26H25NO4. The fraction of sp³-hybridized carbons (Fsp3) is 0.192. The van der Waals surface area contributed by atoms with Crippen LogP contribution in [0.1, 0.15) is 28.5 Å². The average Bonchev–Trinajstić information content (AvgIpc) is 3.12. The molecule has 0 spiro atoms. The molecule has 31 heavy (non-hydrogen) atoms. The second kappa shape index (κ2) is 8.56. The SMILES string of the molecule is CCc1cc(-c2ccc(C(=O)On3c(C)cc4cc(OC)ccc43)cc2)ccc1OC. The number of aromatic nitrogens is 1. The van der Waals surface area contributed by atoms with Gasteiger partial charge in [0.05, 0.1) is 31.0 Å². The predicted molar refractivity (Wildman–Crippen MR) is 122 cm³/mol. The largest absolute Gasteiger partial charge is 0.497 e. The quantitative estimate of drug-likeness (QED) is 0.419. The number of carbonyl (C=O) groups excluding carboxylic acids is 1. The topological polar surface area (TPSA) is 49.7 Å². The number of methoxy groups -OCH3 is 2. The maximum atomic E-state index is 12.8. The van der Waals surface area contributed by atoms with E-state index in [9.17, 15) is 4.79 Å². The van der Waals surface area contributed by atoms with Crippen molar-refractivity contribution in [2.45, 2.75) is 20.3 Å². The van der Waals surface area contributed by atoms with Gasteiger partial charge in [-0.25, -0.2) is 4.79 Å². The molecule has 0 saturated carbocycles. The van der Waals surface area contributed by atoms with Crippen LogP contribution in [0.25, 0.3) is 22.0 Å². The Morgan fingerprint density at radius 3 is 2.29 bits per heavy atom. The van der Waals surface area contributed by atoms with Gasteiger partial charge in [-0.3, -0.25) is 0 Å². The van der Waals surface area contributed by atoms with Gasteiger partial charge in [0.25, 0.3) is 0 Å². The highest BCUT2D eigenvalue weighted by Gasteiger charge is 2.14. The molecule has 0 bridgehead atoms. The van der Waals surface area contributed by atoms with Gasteiger partial charge in [0, 0.05) is 5.39 Å². The van der Waals surface area contributed by atoms with Crippen LogP contribution in [0, 0.1) is 6.92 Å². The molecule has 0 aliphatic heterocycles. The molecule has 1 heterocycles. The molecule has 4 aromatic rings. The van der Waals surface area contributed by atoms with E-state index < -0.39 is 5.97 Å². The zero-order chi connectivity index (χ0) is 22.0. The Morgan fingerprint density at radius 2 is 1.61 bits per heavy atom. The minimum Gasteiger partial charge on any atom is -0.497 e. The molecule has 1 aromatic heterocycles. The van der Waals surface area contributed by atoms with Crippen molar-refractivity contribution in [1.29, 1.82) is 0 Å². The number of aryl methyl sites for hydroxylation is 2. The number of ether oxygens (including phenoxy) is 2. The summed E-state index contributed by atoms with van der Waals surface area (Å²) in [5, 5.41) is 0.950. The summed E-state index contributed by atoms with van der Waals surface area (Å²) >= 11 is 0. The lowest BCUT2D eigenvalue weighted by Crippen LogP contribution is -2.20. The fourth-order valence-electron chi connectivity index (χ4n) is 3.72. The molecule has 0 aliphatic carbocycles. The van der Waals surface area contributed by atoms with Gasteiger partial charge < -0.3 is 14.3 Å². The molecule has 0 N–H and O–H groups in total. The Hall–Kier alpha value is -3.73. The number of rotatable bonds is 6. The fourth-order valence-corrected chi connectivity index (χ4v) is 3.72. The number of fused-ring (bicyclic) bond motifs is 1. The van der Waals surface area contributed by atoms with E-state index in [2.05, 4.69) is 13.0 Å². The smallest absolute Gasteiger partial charge is 0.363 e. The van der Waals surface area contributed by atoms with Gasteiger partial charge in [0.15, 0.2) is 0 Å². The molecule has 4 rings (SSSR count). The van der Waals surface area contributed by atoms with Crippen molar-refractivity contribution < 1.29 is 19.1 Å². The van der Waals surface area contributed by atoms with Crippen molar-refractivity contribution in [3.63, 3.8) is 0 Å². The molecule has 0 unspecified atom stereocenters. The van der Waals surface area contributed by atoms with E-state index in [0.29, 0.717) is 5.56 Å². The number of benzene rings is 3. The predicted octanol–water partition coefficient (Wildman–Crippen LogP) is 5.47. The minimum atomic E-state index is -0.410. The van der Waals surface area contributed by atoms with Crippen molar-refractivity contribution in [1.82, 2.24) is 4.73 Å². The lowest BCUT2D eigenvalue weighted by molar-refractivity contribution is 0.0474. The average molecular weight is 415 g/mol. The van der Waals surface area contributed by atoms with Crippen LogP contribution in [-0.2, 0) is 6.42 Å². The zero-order valence-electron chi connectivity index (χ0n) is 18.1. The zero-order valence-corrected chi connectivity index (χ0v) is 18.1. The minimum absolute atomic E-state index is 0.410. The van der Waals surface area contributed by atoms with Crippen LogP contribution in [0.3, 0.4) is 0 Å². The maximum Gasteiger partial charge on any atom is 0.363 e. The van der Waals surface area contributed by atoms with E-state index in [1.165, 1.54) is 0 Å². The van der Waals surface area contributed by atoms with E-state index in [0.717, 1.165) is 51.2 Å². The van der Waals surface area contributed by atoms with Crippen LogP contribution in [0.15, 0.2) is 66.7 Å². The summed E-state index contributed by atoms with van der Waals surface area (Å²) in [6.07, 6.45) is 0.886. The first-order valence-corrected chi connectivity index (χ1v) is 10.2. The molecule has 0 atom stereocenters. The Labute approximate surface area is 181 Å². The van der Waals surface area contributed by atoms with Gasteiger partial charge >= 0.3 is 5.97 Å². The summed E-state index contributed by atoms with van der Waals surface area (Å²) in [6.45, 7) is 4.00. The maximum absolute atomic E-state index is 12.8. The van der Waals surface area contributed by atoms with Crippen LogP contribution < -0.4 is 14.3 Å². The van der Waals surface area contributed by atoms with Crippen molar-refractivity contribution in [3.05, 3.63) is 83.6 Å². The van der Waals surface area contributed by atoms with Crippen LogP contribution in [0.5, 0.6) is 11.5 Å². The van der Waals surface area contributed by atoms with E-state index in [4.69, 9.17) is 14.3 Å². The van der Waals surface area contributed by atoms with Gasteiger partial charge in [-0.15, -0.1) is 0 Å². The molecule has 0 radical (unpaired) electrons. The first-order valence-electron chi connectivity index (χ1n) is 10.2. The second-order valence-corrected chi connectivity index (χ2v) is 7.34. The van der Waals surface area contributed by atoms with Crippen molar-refractivity contribution >= 4 is 16.9 Å². The van der Waals surface area contributed by atoms with Crippen LogP contribution in [-0.4, -0.2) is 24.9 Å². The third-order valence-corrected chi connectivity index (χ3v) is 5.43. The summed E-state index contributed by atoms with van der Waals surface area (Å²) in [6, 6.07) is 21.2. The number of carbonyl (C=O) groups is 1. The summed E-state index contributed by atoms with van der Waals surface area (Å²) in [4.78, 5) is 18.5. The van der Waals surface area contributed by atoms with E-state index >= 15 is 0 Å². The lowest BCUT2D eigenvalue weighted by atomic mass is 10.0. The van der Waals surface area contributed by atoms with Crippen LogP contribution in [0.2, 0.25) is 0 Å². The van der Waals surface area contributed by atoms with E-state index in [1.807, 2.05) is 55.5 Å². The van der Waals surface area contributed by atoms with Gasteiger partial charge in [0.2, 0.25) is 0 Å². The molecule has 0 amide bonds. The Balaban J connectivity index is 1.57. The molecule has 5 heteroatoms. The molecule has 0 aliphatic rings. The highest BCUT2D eigenvalue weighted by molar-refractivity contribution is 5.91. The number of nitrogens with zero attached hydrogens (tertiary/aromatic N) is 1. The second-order valence-electron chi connectivity index (χ2n) is 7.34. The number of hydrogen-bond acceptors (Lipinski definition) is 4. The lowest BCUT2D eigenvalue weighted by Gasteiger charge is -2.11. The first kappa shape index (κ1) is 20.5. The Bertz CT molecular complexity index is 1240. The monoisotopic (exact) mass is 415 g/mol. The summed E-state index contributed by atoms with van der Waals surface area (Å²) in [7, 11) is 3.31. The molecule has 0 saturated heterocycles. The Kier molecular flexibility index (Phi) is 5.67. The van der Waals surface area contributed by atoms with E-state index in [1.54, 1.807) is 31.1 Å². The highest BCUT2D eigenvalue weighted by Crippen LogP contribution is 2.28. The molecule has 5 nitrogen and oxygen atoms in total. The third-order valence-electron chi connectivity index (χ3n) is 5.43. The van der Waals surface area contributed by atoms with E-state index in [-0.39, 0.29) is 0 Å². The van der Waals surface area contributed by atoms with Gasteiger partial charge in [0.1, 0.15) is 11.5 Å². The molecule has 0 fully saturated rings. The summed E-state index contributed by atoms with van der Waals surface area (Å²) in [5.41, 5.74) is 5.40. The van der Waals surface area contributed by atoms with Gasteiger partial charge in [-0.2, -0.15) is 4.73 Å². The highest BCUT2D eigenvalue weighted by atomic mass is 16.7.